The van der Waals surface area contributed by atoms with Gasteiger partial charge in [0.05, 0.1) is 0 Å². The van der Waals surface area contributed by atoms with Crippen molar-refractivity contribution in [3.05, 3.63) is 64.9 Å². The molecule has 1 heterocycles. The van der Waals surface area contributed by atoms with Crippen molar-refractivity contribution >= 4 is 23.3 Å². The summed E-state index contributed by atoms with van der Waals surface area (Å²) < 4.78 is 13.0. The van der Waals surface area contributed by atoms with Gasteiger partial charge in [-0.3, -0.25) is 0 Å². The van der Waals surface area contributed by atoms with Crippen molar-refractivity contribution in [3.8, 4) is 0 Å². The summed E-state index contributed by atoms with van der Waals surface area (Å²) in [6, 6.07) is 14.1. The molecule has 1 saturated heterocycles. The predicted octanol–water partition coefficient (Wildman–Crippen LogP) is 3.55. The maximum atomic E-state index is 13.0. The Balaban J connectivity index is 1.44. The molecule has 0 aromatic heterocycles. The number of anilines is 1. The number of hydrogen-bond donors (Lipinski definition) is 1. The zero-order valence-corrected chi connectivity index (χ0v) is 14.7. The molecule has 25 heavy (non-hydrogen) atoms. The lowest BCUT2D eigenvalue weighted by Crippen LogP contribution is -2.52. The van der Waals surface area contributed by atoms with Crippen LogP contribution in [0.2, 0.25) is 5.02 Å². The van der Waals surface area contributed by atoms with Gasteiger partial charge in [-0.2, -0.15) is 0 Å². The molecule has 2 amide bonds. The standard InChI is InChI=1S/C19H21ClFN3O/c20-18-4-2-1-3-15(18)9-10-22-19(25)24-13-11-23(12-14-24)17-7-5-16(21)6-8-17/h1-8H,9-14H2,(H,22,25). The predicted molar refractivity (Wildman–Crippen MR) is 98.7 cm³/mol. The van der Waals surface area contributed by atoms with Crippen LogP contribution in [0.3, 0.4) is 0 Å². The molecule has 132 valence electrons. The first-order valence-corrected chi connectivity index (χ1v) is 8.78. The Morgan fingerprint density at radius 3 is 2.40 bits per heavy atom. The summed E-state index contributed by atoms with van der Waals surface area (Å²) in [4.78, 5) is 16.2. The molecule has 6 heteroatoms. The topological polar surface area (TPSA) is 35.6 Å². The van der Waals surface area contributed by atoms with Gasteiger partial charge in [0.1, 0.15) is 5.82 Å². The van der Waals surface area contributed by atoms with Crippen molar-refractivity contribution in [1.82, 2.24) is 10.2 Å². The van der Waals surface area contributed by atoms with Crippen LogP contribution < -0.4 is 10.2 Å². The monoisotopic (exact) mass is 361 g/mol. The van der Waals surface area contributed by atoms with E-state index in [-0.39, 0.29) is 11.8 Å². The van der Waals surface area contributed by atoms with E-state index in [2.05, 4.69) is 10.2 Å². The van der Waals surface area contributed by atoms with Crippen molar-refractivity contribution in [2.45, 2.75) is 6.42 Å². The molecule has 0 radical (unpaired) electrons. The van der Waals surface area contributed by atoms with E-state index in [9.17, 15) is 9.18 Å². The van der Waals surface area contributed by atoms with Gasteiger partial charge in [-0.15, -0.1) is 0 Å². The molecule has 0 aliphatic carbocycles. The van der Waals surface area contributed by atoms with E-state index in [4.69, 9.17) is 11.6 Å². The maximum absolute atomic E-state index is 13.0. The normalized spacial score (nSPS) is 14.5. The number of carbonyl (C=O) groups is 1. The van der Waals surface area contributed by atoms with Gasteiger partial charge < -0.3 is 15.1 Å². The molecular weight excluding hydrogens is 341 g/mol. The van der Waals surface area contributed by atoms with Gasteiger partial charge in [-0.1, -0.05) is 29.8 Å². The molecule has 1 aliphatic heterocycles. The van der Waals surface area contributed by atoms with Gasteiger partial charge >= 0.3 is 6.03 Å². The summed E-state index contributed by atoms with van der Waals surface area (Å²) in [6.07, 6.45) is 0.709. The van der Waals surface area contributed by atoms with Crippen LogP contribution in [-0.4, -0.2) is 43.7 Å². The van der Waals surface area contributed by atoms with Crippen molar-refractivity contribution in [3.63, 3.8) is 0 Å². The molecule has 2 aromatic carbocycles. The Morgan fingerprint density at radius 1 is 1.04 bits per heavy atom. The minimum Gasteiger partial charge on any atom is -0.368 e. The highest BCUT2D eigenvalue weighted by Crippen LogP contribution is 2.17. The van der Waals surface area contributed by atoms with Crippen LogP contribution in [0.5, 0.6) is 0 Å². The Hall–Kier alpha value is -2.27. The second-order valence-electron chi connectivity index (χ2n) is 6.02. The van der Waals surface area contributed by atoms with E-state index in [0.717, 1.165) is 29.4 Å². The summed E-state index contributed by atoms with van der Waals surface area (Å²) in [6.45, 7) is 3.33. The fourth-order valence-corrected chi connectivity index (χ4v) is 3.17. The second-order valence-corrected chi connectivity index (χ2v) is 6.43. The van der Waals surface area contributed by atoms with Crippen LogP contribution in [0.4, 0.5) is 14.9 Å². The third-order valence-corrected chi connectivity index (χ3v) is 4.76. The summed E-state index contributed by atoms with van der Waals surface area (Å²) in [5.74, 6) is -0.236. The van der Waals surface area contributed by atoms with Crippen LogP contribution in [0.25, 0.3) is 0 Å². The van der Waals surface area contributed by atoms with Gasteiger partial charge in [-0.25, -0.2) is 9.18 Å². The quantitative estimate of drug-likeness (QED) is 0.903. The van der Waals surface area contributed by atoms with E-state index in [1.54, 1.807) is 12.1 Å². The van der Waals surface area contributed by atoms with Gasteiger partial charge in [0.15, 0.2) is 0 Å². The first-order valence-electron chi connectivity index (χ1n) is 8.40. The highest BCUT2D eigenvalue weighted by atomic mass is 35.5. The van der Waals surface area contributed by atoms with Gasteiger partial charge in [0.25, 0.3) is 0 Å². The van der Waals surface area contributed by atoms with Crippen molar-refractivity contribution in [2.75, 3.05) is 37.6 Å². The number of nitrogens with zero attached hydrogens (tertiary/aromatic N) is 2. The zero-order chi connectivity index (χ0) is 17.6. The summed E-state index contributed by atoms with van der Waals surface area (Å²) in [5, 5.41) is 3.68. The van der Waals surface area contributed by atoms with Crippen molar-refractivity contribution < 1.29 is 9.18 Å². The number of nitrogens with one attached hydrogen (secondary N) is 1. The molecule has 0 saturated carbocycles. The zero-order valence-electron chi connectivity index (χ0n) is 13.9. The highest BCUT2D eigenvalue weighted by Gasteiger charge is 2.21. The third-order valence-electron chi connectivity index (χ3n) is 4.39. The van der Waals surface area contributed by atoms with E-state index < -0.39 is 0 Å². The molecule has 1 N–H and O–H groups in total. The number of piperazine rings is 1. The molecule has 1 aliphatic rings. The Kier molecular flexibility index (Phi) is 5.76. The van der Waals surface area contributed by atoms with Gasteiger partial charge in [0, 0.05) is 43.4 Å². The first-order chi connectivity index (χ1) is 12.1. The minimum atomic E-state index is -0.236. The van der Waals surface area contributed by atoms with Crippen molar-refractivity contribution in [1.29, 1.82) is 0 Å². The van der Waals surface area contributed by atoms with Crippen LogP contribution in [-0.2, 0) is 6.42 Å². The number of hydrogen-bond acceptors (Lipinski definition) is 2. The molecule has 2 aromatic rings. The molecule has 1 fully saturated rings. The van der Waals surface area contributed by atoms with Crippen LogP contribution in [0, 0.1) is 5.82 Å². The Labute approximate surface area is 152 Å². The molecular formula is C19H21ClFN3O. The lowest BCUT2D eigenvalue weighted by Gasteiger charge is -2.36. The number of urea groups is 1. The molecule has 0 spiro atoms. The van der Waals surface area contributed by atoms with E-state index >= 15 is 0 Å². The molecule has 0 atom stereocenters. The van der Waals surface area contributed by atoms with E-state index in [1.165, 1.54) is 12.1 Å². The molecule has 0 unspecified atom stereocenters. The maximum Gasteiger partial charge on any atom is 0.317 e. The number of benzene rings is 2. The van der Waals surface area contributed by atoms with Gasteiger partial charge in [-0.05, 0) is 42.3 Å². The average Bonchev–Trinajstić information content (AvgIpc) is 2.64. The number of carbonyl (C=O) groups excluding carboxylic acids is 1. The number of amides is 2. The first kappa shape index (κ1) is 17.5. The highest BCUT2D eigenvalue weighted by molar-refractivity contribution is 6.31. The lowest BCUT2D eigenvalue weighted by molar-refractivity contribution is 0.194. The Morgan fingerprint density at radius 2 is 1.72 bits per heavy atom. The average molecular weight is 362 g/mol. The Bertz CT molecular complexity index is 715. The second kappa shape index (κ2) is 8.21. The molecule has 3 rings (SSSR count). The van der Waals surface area contributed by atoms with Crippen LogP contribution >= 0.6 is 11.6 Å². The minimum absolute atomic E-state index is 0.0502. The molecule has 0 bridgehead atoms. The fourth-order valence-electron chi connectivity index (χ4n) is 2.94. The number of rotatable bonds is 4. The van der Waals surface area contributed by atoms with E-state index in [1.807, 2.05) is 29.2 Å². The summed E-state index contributed by atoms with van der Waals surface area (Å²) >= 11 is 6.12. The van der Waals surface area contributed by atoms with E-state index in [0.29, 0.717) is 26.1 Å². The summed E-state index contributed by atoms with van der Waals surface area (Å²) in [7, 11) is 0. The number of halogens is 2. The summed E-state index contributed by atoms with van der Waals surface area (Å²) in [5.41, 5.74) is 2.02. The third kappa shape index (κ3) is 4.63. The van der Waals surface area contributed by atoms with Crippen LogP contribution in [0.1, 0.15) is 5.56 Å². The van der Waals surface area contributed by atoms with Crippen LogP contribution in [0.15, 0.2) is 48.5 Å². The smallest absolute Gasteiger partial charge is 0.317 e. The molecule has 4 nitrogen and oxygen atoms in total. The van der Waals surface area contributed by atoms with Crippen molar-refractivity contribution in [2.24, 2.45) is 0 Å². The van der Waals surface area contributed by atoms with Gasteiger partial charge in [0.2, 0.25) is 0 Å². The fraction of sp³-hybridized carbons (Fsp3) is 0.316. The lowest BCUT2D eigenvalue weighted by atomic mass is 10.1. The largest absolute Gasteiger partial charge is 0.368 e. The SMILES string of the molecule is O=C(NCCc1ccccc1Cl)N1CCN(c2ccc(F)cc2)CC1.